The van der Waals surface area contributed by atoms with Crippen LogP contribution in [-0.2, 0) is 11.3 Å². The van der Waals surface area contributed by atoms with Crippen molar-refractivity contribution in [2.45, 2.75) is 6.54 Å². The molecule has 2 amide bonds. The molecular weight excluding hydrogens is 397 g/mol. The van der Waals surface area contributed by atoms with Crippen LogP contribution in [0, 0.1) is 5.82 Å². The molecule has 0 spiro atoms. The second-order valence-electron chi connectivity index (χ2n) is 6.23. The molecule has 0 fully saturated rings. The summed E-state index contributed by atoms with van der Waals surface area (Å²) in [6, 6.07) is 6.43. The number of fused-ring (bicyclic) bond motifs is 2. The smallest absolute Gasteiger partial charge is 0.270 e. The van der Waals surface area contributed by atoms with E-state index in [2.05, 4.69) is 25.8 Å². The molecule has 30 heavy (non-hydrogen) atoms. The van der Waals surface area contributed by atoms with Crippen LogP contribution in [0.2, 0.25) is 0 Å². The normalized spacial score (nSPS) is 13.4. The van der Waals surface area contributed by atoms with E-state index in [4.69, 9.17) is 16.3 Å². The van der Waals surface area contributed by atoms with Crippen molar-refractivity contribution >= 4 is 29.0 Å². The summed E-state index contributed by atoms with van der Waals surface area (Å²) in [5.41, 5.74) is 8.89. The Bertz CT molecular complexity index is 1190. The molecule has 3 heterocycles. The van der Waals surface area contributed by atoms with Crippen LogP contribution in [0.5, 0.6) is 5.75 Å². The van der Waals surface area contributed by atoms with Crippen molar-refractivity contribution in [3.8, 4) is 5.75 Å². The van der Waals surface area contributed by atoms with E-state index in [0.29, 0.717) is 17.0 Å². The number of nitrogens with zero attached hydrogens (tertiary/aromatic N) is 4. The number of carbonyl (C=O) groups excluding carboxylic acids is 2. The van der Waals surface area contributed by atoms with Crippen LogP contribution in [0.25, 0.3) is 5.65 Å². The van der Waals surface area contributed by atoms with Crippen LogP contribution < -0.4 is 32.5 Å². The Hall–Kier alpha value is -4.26. The number of aromatic nitrogens is 3. The Morgan fingerprint density at radius 2 is 2.23 bits per heavy atom. The number of hydrazine groups is 1. The minimum atomic E-state index is -0.732. The number of hydrogen-bond acceptors (Lipinski definition) is 8. The van der Waals surface area contributed by atoms with Crippen molar-refractivity contribution in [1.29, 1.82) is 0 Å². The van der Waals surface area contributed by atoms with Crippen LogP contribution in [0.4, 0.5) is 10.1 Å². The van der Waals surface area contributed by atoms with Crippen molar-refractivity contribution in [2.75, 3.05) is 11.9 Å². The maximum absolute atomic E-state index is 14.0. The lowest BCUT2D eigenvalue weighted by Crippen LogP contribution is -2.28. The summed E-state index contributed by atoms with van der Waals surface area (Å²) in [6.45, 7) is 0.0800. The lowest BCUT2D eigenvalue weighted by atomic mass is 10.1. The third-order valence-corrected chi connectivity index (χ3v) is 4.24. The van der Waals surface area contributed by atoms with Gasteiger partial charge in [-0.1, -0.05) is 6.07 Å². The standard InChI is InChI=1S/C17H16FN9O3/c18-9-6-22-27-12(15(19)25-26-20)4-11(24-16(9)27)17(29)21-5-8-1-2-13-10(3-8)23-14(28)7-30-13/h1-4,6,26H,5,7,20H2,(H2,19,25)(H,21,29)(H,23,28). The van der Waals surface area contributed by atoms with Crippen LogP contribution in [0.15, 0.2) is 35.6 Å². The summed E-state index contributed by atoms with van der Waals surface area (Å²) < 4.78 is 20.4. The van der Waals surface area contributed by atoms with E-state index in [9.17, 15) is 14.0 Å². The first-order valence-electron chi connectivity index (χ1n) is 8.63. The zero-order chi connectivity index (χ0) is 21.3. The summed E-state index contributed by atoms with van der Waals surface area (Å²) in [5, 5.41) is 12.8. The lowest BCUT2D eigenvalue weighted by molar-refractivity contribution is -0.118. The Kier molecular flexibility index (Phi) is 4.85. The largest absolute Gasteiger partial charge is 0.482 e. The van der Waals surface area contributed by atoms with Crippen molar-refractivity contribution in [3.63, 3.8) is 0 Å². The molecule has 0 aliphatic carbocycles. The molecule has 1 aliphatic rings. The SMILES string of the molecule is NN/N=C(\N)c1cc(C(=O)NCc2ccc3c(c2)NC(=O)CO3)nc2c(F)cnn12. The number of nitrogens with one attached hydrogen (secondary N) is 3. The average molecular weight is 413 g/mol. The fourth-order valence-electron chi connectivity index (χ4n) is 2.87. The summed E-state index contributed by atoms with van der Waals surface area (Å²) >= 11 is 0. The van der Waals surface area contributed by atoms with Crippen molar-refractivity contribution in [1.82, 2.24) is 25.4 Å². The molecule has 3 aromatic rings. The second-order valence-corrected chi connectivity index (χ2v) is 6.23. The number of hydrazone groups is 1. The highest BCUT2D eigenvalue weighted by Crippen LogP contribution is 2.28. The van der Waals surface area contributed by atoms with Gasteiger partial charge in [-0.15, -0.1) is 5.10 Å². The van der Waals surface area contributed by atoms with Gasteiger partial charge >= 0.3 is 0 Å². The van der Waals surface area contributed by atoms with Gasteiger partial charge in [0.2, 0.25) is 0 Å². The minimum Gasteiger partial charge on any atom is -0.482 e. The third kappa shape index (κ3) is 3.56. The predicted molar refractivity (Wildman–Crippen MR) is 103 cm³/mol. The molecule has 12 nitrogen and oxygen atoms in total. The Balaban J connectivity index is 1.58. The molecule has 0 bridgehead atoms. The summed E-state index contributed by atoms with van der Waals surface area (Å²) in [7, 11) is 0. The van der Waals surface area contributed by atoms with Gasteiger partial charge in [0.05, 0.1) is 11.9 Å². The molecule has 0 radical (unpaired) electrons. The molecule has 0 unspecified atom stereocenters. The fraction of sp³-hybridized carbons (Fsp3) is 0.118. The van der Waals surface area contributed by atoms with E-state index < -0.39 is 11.7 Å². The van der Waals surface area contributed by atoms with Gasteiger partial charge in [-0.05, 0) is 23.8 Å². The lowest BCUT2D eigenvalue weighted by Gasteiger charge is -2.18. The topological polar surface area (TPSA) is 174 Å². The molecule has 154 valence electrons. The van der Waals surface area contributed by atoms with E-state index in [1.54, 1.807) is 18.2 Å². The maximum Gasteiger partial charge on any atom is 0.270 e. The van der Waals surface area contributed by atoms with Crippen molar-refractivity contribution in [2.24, 2.45) is 16.7 Å². The highest BCUT2D eigenvalue weighted by atomic mass is 19.1. The van der Waals surface area contributed by atoms with E-state index in [1.165, 1.54) is 6.07 Å². The number of anilines is 1. The van der Waals surface area contributed by atoms with Crippen LogP contribution in [0.3, 0.4) is 0 Å². The number of nitrogens with two attached hydrogens (primary N) is 2. The van der Waals surface area contributed by atoms with E-state index in [1.807, 2.05) is 5.53 Å². The van der Waals surface area contributed by atoms with Gasteiger partial charge in [-0.25, -0.2) is 25.3 Å². The quantitative estimate of drug-likeness (QED) is 0.157. The molecule has 2 aromatic heterocycles. The van der Waals surface area contributed by atoms with E-state index in [0.717, 1.165) is 10.7 Å². The molecular formula is C17H16FN9O3. The zero-order valence-corrected chi connectivity index (χ0v) is 15.3. The van der Waals surface area contributed by atoms with Crippen molar-refractivity contribution in [3.05, 3.63) is 53.2 Å². The van der Waals surface area contributed by atoms with E-state index in [-0.39, 0.29) is 41.9 Å². The molecule has 1 aliphatic heterocycles. The first-order valence-corrected chi connectivity index (χ1v) is 8.63. The highest BCUT2D eigenvalue weighted by molar-refractivity contribution is 6.00. The first-order chi connectivity index (χ1) is 14.5. The van der Waals surface area contributed by atoms with Crippen LogP contribution in [0.1, 0.15) is 21.7 Å². The number of amides is 2. The predicted octanol–water partition coefficient (Wildman–Crippen LogP) is -0.787. The van der Waals surface area contributed by atoms with Gasteiger partial charge in [-0.2, -0.15) is 5.10 Å². The van der Waals surface area contributed by atoms with Gasteiger partial charge in [-0.3, -0.25) is 9.59 Å². The number of ether oxygens (including phenoxy) is 1. The number of carbonyl (C=O) groups is 2. The Morgan fingerprint density at radius 1 is 1.40 bits per heavy atom. The van der Waals surface area contributed by atoms with Gasteiger partial charge in [0.1, 0.15) is 17.1 Å². The highest BCUT2D eigenvalue weighted by Gasteiger charge is 2.19. The molecule has 0 saturated heterocycles. The van der Waals surface area contributed by atoms with Crippen LogP contribution in [-0.4, -0.2) is 38.9 Å². The number of hydrogen-bond donors (Lipinski definition) is 5. The molecule has 7 N–H and O–H groups in total. The molecule has 1 aromatic carbocycles. The first kappa shape index (κ1) is 19.1. The molecule has 0 atom stereocenters. The van der Waals surface area contributed by atoms with Gasteiger partial charge in [0.25, 0.3) is 11.8 Å². The van der Waals surface area contributed by atoms with Crippen LogP contribution >= 0.6 is 0 Å². The third-order valence-electron chi connectivity index (χ3n) is 4.24. The number of halogens is 1. The maximum atomic E-state index is 14.0. The Morgan fingerprint density at radius 3 is 3.03 bits per heavy atom. The fourth-order valence-corrected chi connectivity index (χ4v) is 2.87. The van der Waals surface area contributed by atoms with Gasteiger partial charge in [0, 0.05) is 6.54 Å². The van der Waals surface area contributed by atoms with Crippen molar-refractivity contribution < 1.29 is 18.7 Å². The average Bonchev–Trinajstić information content (AvgIpc) is 3.12. The molecule has 4 rings (SSSR count). The molecule has 13 heteroatoms. The molecule has 0 saturated carbocycles. The summed E-state index contributed by atoms with van der Waals surface area (Å²) in [6.07, 6.45) is 0.945. The monoisotopic (exact) mass is 413 g/mol. The van der Waals surface area contributed by atoms with Gasteiger partial charge < -0.3 is 21.1 Å². The van der Waals surface area contributed by atoms with E-state index >= 15 is 0 Å². The number of benzene rings is 1. The zero-order valence-electron chi connectivity index (χ0n) is 15.3. The second kappa shape index (κ2) is 7.63. The summed E-state index contributed by atoms with van der Waals surface area (Å²) in [5.74, 6) is 3.99. The minimum absolute atomic E-state index is 0.0448. The Labute approximate surface area is 168 Å². The van der Waals surface area contributed by atoms with Gasteiger partial charge in [0.15, 0.2) is 23.9 Å². The number of rotatable bonds is 5. The number of amidine groups is 1. The summed E-state index contributed by atoms with van der Waals surface area (Å²) in [4.78, 5) is 28.1.